The van der Waals surface area contributed by atoms with Gasteiger partial charge in [0.2, 0.25) is 0 Å². The highest BCUT2D eigenvalue weighted by molar-refractivity contribution is 5.76. The summed E-state index contributed by atoms with van der Waals surface area (Å²) in [5.41, 5.74) is 1.38. The van der Waals surface area contributed by atoms with E-state index in [0.29, 0.717) is 30.6 Å². The van der Waals surface area contributed by atoms with Crippen LogP contribution in [0.15, 0.2) is 60.7 Å². The van der Waals surface area contributed by atoms with Crippen molar-refractivity contribution in [3.05, 3.63) is 71.8 Å². The van der Waals surface area contributed by atoms with Crippen LogP contribution >= 0.6 is 0 Å². The van der Waals surface area contributed by atoms with Crippen molar-refractivity contribution in [3.8, 4) is 0 Å². The summed E-state index contributed by atoms with van der Waals surface area (Å²) in [6.45, 7) is 0.917. The van der Waals surface area contributed by atoms with Gasteiger partial charge in [-0.25, -0.2) is 0 Å². The molecule has 0 spiro atoms. The third-order valence-electron chi connectivity index (χ3n) is 3.81. The van der Waals surface area contributed by atoms with Gasteiger partial charge in [0.05, 0.1) is 0 Å². The van der Waals surface area contributed by atoms with Crippen molar-refractivity contribution in [1.82, 2.24) is 10.6 Å². The quantitative estimate of drug-likeness (QED) is 0.494. The summed E-state index contributed by atoms with van der Waals surface area (Å²) in [4.78, 5) is 22.8. The average Bonchev–Trinajstić information content (AvgIpc) is 2.62. The molecular weight excluding hydrogens is 320 g/mol. The highest BCUT2D eigenvalue weighted by Crippen LogP contribution is 2.14. The Morgan fingerprint density at radius 1 is 0.720 bits per heavy atom. The molecule has 0 heterocycles. The molecule has 2 atom stereocenters. The molecule has 25 heavy (non-hydrogen) atoms. The van der Waals surface area contributed by atoms with E-state index in [2.05, 4.69) is 10.6 Å². The van der Waals surface area contributed by atoms with Gasteiger partial charge in [-0.1, -0.05) is 60.7 Å². The lowest BCUT2D eigenvalue weighted by atomic mass is 10.1. The van der Waals surface area contributed by atoms with Crippen LogP contribution in [0, 0.1) is 0 Å². The molecule has 0 fully saturated rings. The van der Waals surface area contributed by atoms with Gasteiger partial charge in [0.1, 0.15) is 12.1 Å². The Labute approximate surface area is 146 Å². The van der Waals surface area contributed by atoms with Gasteiger partial charge in [0.25, 0.3) is 0 Å². The zero-order valence-corrected chi connectivity index (χ0v) is 13.8. The van der Waals surface area contributed by atoms with Crippen molar-refractivity contribution in [1.29, 1.82) is 0 Å². The van der Waals surface area contributed by atoms with Crippen LogP contribution in [0.25, 0.3) is 0 Å². The molecule has 0 aliphatic rings. The molecule has 132 valence electrons. The normalized spacial score (nSPS) is 13.1. The molecule has 0 radical (unpaired) electrons. The maximum absolute atomic E-state index is 11.4. The Hall–Kier alpha value is -2.70. The lowest BCUT2D eigenvalue weighted by Crippen LogP contribution is -2.33. The van der Waals surface area contributed by atoms with Crippen LogP contribution < -0.4 is 10.6 Å². The number of nitrogens with one attached hydrogen (secondary N) is 2. The number of carboxylic acid groups (broad SMARTS) is 2. The van der Waals surface area contributed by atoms with E-state index in [0.717, 1.165) is 0 Å². The fraction of sp³-hybridized carbons (Fsp3) is 0.263. The van der Waals surface area contributed by atoms with Gasteiger partial charge in [-0.15, -0.1) is 0 Å². The molecule has 0 aliphatic carbocycles. The van der Waals surface area contributed by atoms with Gasteiger partial charge in [-0.3, -0.25) is 9.59 Å². The van der Waals surface area contributed by atoms with E-state index in [9.17, 15) is 19.8 Å². The van der Waals surface area contributed by atoms with E-state index in [1.54, 1.807) is 48.5 Å². The Kier molecular flexibility index (Phi) is 7.13. The van der Waals surface area contributed by atoms with E-state index in [4.69, 9.17) is 0 Å². The zero-order chi connectivity index (χ0) is 18.1. The Morgan fingerprint density at radius 3 is 1.40 bits per heavy atom. The maximum Gasteiger partial charge on any atom is 0.325 e. The number of benzene rings is 2. The SMILES string of the molecule is O=C(O)C(NCCCNC(C(=O)O)c1ccccc1)c1ccccc1. The van der Waals surface area contributed by atoms with Gasteiger partial charge >= 0.3 is 11.9 Å². The molecule has 0 saturated heterocycles. The predicted octanol–water partition coefficient (Wildman–Crippen LogP) is 2.21. The van der Waals surface area contributed by atoms with Crippen LogP contribution in [0.4, 0.5) is 0 Å². The van der Waals surface area contributed by atoms with Crippen LogP contribution in [0.5, 0.6) is 0 Å². The molecule has 2 aromatic rings. The van der Waals surface area contributed by atoms with Gasteiger partial charge < -0.3 is 20.8 Å². The summed E-state index contributed by atoms with van der Waals surface area (Å²) >= 11 is 0. The molecule has 0 saturated carbocycles. The summed E-state index contributed by atoms with van der Waals surface area (Å²) in [7, 11) is 0. The highest BCUT2D eigenvalue weighted by atomic mass is 16.4. The standard InChI is InChI=1S/C19H22N2O4/c22-18(23)16(14-8-3-1-4-9-14)20-12-7-13-21-17(19(24)25)15-10-5-2-6-11-15/h1-6,8-11,16-17,20-21H,7,12-13H2,(H,22,23)(H,24,25). The second-order valence-corrected chi connectivity index (χ2v) is 5.63. The molecule has 6 nitrogen and oxygen atoms in total. The number of carbonyl (C=O) groups is 2. The summed E-state index contributed by atoms with van der Waals surface area (Å²) in [5, 5.41) is 24.7. The Bertz CT molecular complexity index is 617. The van der Waals surface area contributed by atoms with Crippen LogP contribution in [0.1, 0.15) is 29.6 Å². The first-order chi connectivity index (χ1) is 12.1. The number of rotatable bonds is 10. The van der Waals surface area contributed by atoms with Crippen LogP contribution in [0.2, 0.25) is 0 Å². The van der Waals surface area contributed by atoms with Crippen LogP contribution in [-0.2, 0) is 9.59 Å². The second-order valence-electron chi connectivity index (χ2n) is 5.63. The topological polar surface area (TPSA) is 98.7 Å². The van der Waals surface area contributed by atoms with Crippen LogP contribution in [0.3, 0.4) is 0 Å². The molecule has 2 rings (SSSR count). The number of aliphatic carboxylic acids is 2. The largest absolute Gasteiger partial charge is 0.480 e. The molecule has 4 N–H and O–H groups in total. The number of carboxylic acids is 2. The summed E-state index contributed by atoms with van der Waals surface area (Å²) in [6.07, 6.45) is 0.604. The fourth-order valence-electron chi connectivity index (χ4n) is 2.57. The van der Waals surface area contributed by atoms with Crippen molar-refractivity contribution >= 4 is 11.9 Å². The van der Waals surface area contributed by atoms with E-state index < -0.39 is 24.0 Å². The smallest absolute Gasteiger partial charge is 0.325 e. The van der Waals surface area contributed by atoms with E-state index >= 15 is 0 Å². The Morgan fingerprint density at radius 2 is 1.08 bits per heavy atom. The van der Waals surface area contributed by atoms with Crippen LogP contribution in [-0.4, -0.2) is 35.2 Å². The molecule has 2 aromatic carbocycles. The molecule has 0 aliphatic heterocycles. The molecule has 2 unspecified atom stereocenters. The maximum atomic E-state index is 11.4. The van der Waals surface area contributed by atoms with Crippen molar-refractivity contribution in [2.75, 3.05) is 13.1 Å². The second kappa shape index (κ2) is 9.56. The lowest BCUT2D eigenvalue weighted by molar-refractivity contribution is -0.140. The van der Waals surface area contributed by atoms with Crippen molar-refractivity contribution in [3.63, 3.8) is 0 Å². The zero-order valence-electron chi connectivity index (χ0n) is 13.8. The van der Waals surface area contributed by atoms with E-state index in [-0.39, 0.29) is 0 Å². The third kappa shape index (κ3) is 5.70. The lowest BCUT2D eigenvalue weighted by Gasteiger charge is -2.17. The van der Waals surface area contributed by atoms with Gasteiger partial charge in [0, 0.05) is 0 Å². The number of hydrogen-bond donors (Lipinski definition) is 4. The molecule has 0 bridgehead atoms. The highest BCUT2D eigenvalue weighted by Gasteiger charge is 2.20. The van der Waals surface area contributed by atoms with Gasteiger partial charge in [0.15, 0.2) is 0 Å². The van der Waals surface area contributed by atoms with Crippen molar-refractivity contribution < 1.29 is 19.8 Å². The minimum atomic E-state index is -0.938. The first kappa shape index (κ1) is 18.6. The first-order valence-corrected chi connectivity index (χ1v) is 8.12. The Balaban J connectivity index is 1.81. The monoisotopic (exact) mass is 342 g/mol. The van der Waals surface area contributed by atoms with E-state index in [1.165, 1.54) is 0 Å². The minimum Gasteiger partial charge on any atom is -0.480 e. The minimum absolute atomic E-state index is 0.458. The van der Waals surface area contributed by atoms with E-state index in [1.807, 2.05) is 12.1 Å². The molecule has 0 amide bonds. The summed E-state index contributed by atoms with van der Waals surface area (Å²) < 4.78 is 0. The molecule has 0 aromatic heterocycles. The predicted molar refractivity (Wildman–Crippen MR) is 94.3 cm³/mol. The summed E-state index contributed by atoms with van der Waals surface area (Å²) in [6, 6.07) is 16.4. The molecular formula is C19H22N2O4. The average molecular weight is 342 g/mol. The molecule has 6 heteroatoms. The third-order valence-corrected chi connectivity index (χ3v) is 3.81. The summed E-state index contributed by atoms with van der Waals surface area (Å²) in [5.74, 6) is -1.88. The van der Waals surface area contributed by atoms with Gasteiger partial charge in [-0.2, -0.15) is 0 Å². The fourth-order valence-corrected chi connectivity index (χ4v) is 2.57. The van der Waals surface area contributed by atoms with Crippen molar-refractivity contribution in [2.45, 2.75) is 18.5 Å². The van der Waals surface area contributed by atoms with Crippen molar-refractivity contribution in [2.24, 2.45) is 0 Å². The number of hydrogen-bond acceptors (Lipinski definition) is 4. The van der Waals surface area contributed by atoms with Gasteiger partial charge in [-0.05, 0) is 30.6 Å². The first-order valence-electron chi connectivity index (χ1n) is 8.12.